The van der Waals surface area contributed by atoms with Gasteiger partial charge in [0.1, 0.15) is 5.75 Å². The third-order valence-electron chi connectivity index (χ3n) is 3.41. The molecule has 0 saturated heterocycles. The lowest BCUT2D eigenvalue weighted by Crippen LogP contribution is -2.13. The molecule has 0 atom stereocenters. The summed E-state index contributed by atoms with van der Waals surface area (Å²) in [6.07, 6.45) is 0. The SMILES string of the molecule is CCOc1cccc(CNCc2cc(OC)c(OC)cc2Cl)c1. The molecule has 4 nitrogen and oxygen atoms in total. The normalized spacial score (nSPS) is 10.4. The summed E-state index contributed by atoms with van der Waals surface area (Å²) >= 11 is 6.29. The van der Waals surface area contributed by atoms with Gasteiger partial charge in [0.15, 0.2) is 11.5 Å². The van der Waals surface area contributed by atoms with Gasteiger partial charge in [0.2, 0.25) is 0 Å². The van der Waals surface area contributed by atoms with Crippen molar-refractivity contribution in [2.45, 2.75) is 20.0 Å². The lowest BCUT2D eigenvalue weighted by Gasteiger charge is -2.12. The molecule has 0 amide bonds. The number of hydrogen-bond acceptors (Lipinski definition) is 4. The van der Waals surface area contributed by atoms with E-state index in [1.165, 1.54) is 0 Å². The predicted octanol–water partition coefficient (Wildman–Crippen LogP) is 4.05. The van der Waals surface area contributed by atoms with Crippen LogP contribution in [0.3, 0.4) is 0 Å². The highest BCUT2D eigenvalue weighted by Crippen LogP contribution is 2.33. The van der Waals surface area contributed by atoms with E-state index in [1.807, 2.05) is 31.2 Å². The smallest absolute Gasteiger partial charge is 0.162 e. The Kier molecular flexibility index (Phi) is 6.56. The van der Waals surface area contributed by atoms with Gasteiger partial charge in [0, 0.05) is 24.2 Å². The maximum absolute atomic E-state index is 6.29. The molecule has 2 aromatic carbocycles. The van der Waals surface area contributed by atoms with Crippen LogP contribution in [0.2, 0.25) is 5.02 Å². The summed E-state index contributed by atoms with van der Waals surface area (Å²) in [6, 6.07) is 11.7. The monoisotopic (exact) mass is 335 g/mol. The van der Waals surface area contributed by atoms with E-state index in [4.69, 9.17) is 25.8 Å². The molecule has 0 aliphatic rings. The number of ether oxygens (including phenoxy) is 3. The van der Waals surface area contributed by atoms with Crippen molar-refractivity contribution in [2.24, 2.45) is 0 Å². The molecular weight excluding hydrogens is 314 g/mol. The molecule has 0 saturated carbocycles. The summed E-state index contributed by atoms with van der Waals surface area (Å²) in [5.41, 5.74) is 2.12. The van der Waals surface area contributed by atoms with Crippen LogP contribution in [0.5, 0.6) is 17.2 Å². The highest BCUT2D eigenvalue weighted by atomic mass is 35.5. The molecule has 0 bridgehead atoms. The highest BCUT2D eigenvalue weighted by Gasteiger charge is 2.09. The first-order valence-corrected chi connectivity index (χ1v) is 7.88. The molecule has 0 aliphatic carbocycles. The zero-order chi connectivity index (χ0) is 16.7. The van der Waals surface area contributed by atoms with E-state index < -0.39 is 0 Å². The van der Waals surface area contributed by atoms with Crippen molar-refractivity contribution in [1.82, 2.24) is 5.32 Å². The van der Waals surface area contributed by atoms with Gasteiger partial charge in [-0.1, -0.05) is 23.7 Å². The number of halogens is 1. The quantitative estimate of drug-likeness (QED) is 0.790. The molecular formula is C18H22ClNO3. The summed E-state index contributed by atoms with van der Waals surface area (Å²) in [5, 5.41) is 4.03. The first-order chi connectivity index (χ1) is 11.2. The molecule has 0 spiro atoms. The van der Waals surface area contributed by atoms with Crippen molar-refractivity contribution < 1.29 is 14.2 Å². The van der Waals surface area contributed by atoms with Crippen LogP contribution in [0, 0.1) is 0 Å². The summed E-state index contributed by atoms with van der Waals surface area (Å²) in [6.45, 7) is 4.01. The van der Waals surface area contributed by atoms with Crippen LogP contribution in [-0.4, -0.2) is 20.8 Å². The van der Waals surface area contributed by atoms with Gasteiger partial charge in [-0.25, -0.2) is 0 Å². The second kappa shape index (κ2) is 8.65. The second-order valence-electron chi connectivity index (χ2n) is 4.98. The van der Waals surface area contributed by atoms with E-state index >= 15 is 0 Å². The Morgan fingerprint density at radius 3 is 2.43 bits per heavy atom. The van der Waals surface area contributed by atoms with Crippen molar-refractivity contribution in [1.29, 1.82) is 0 Å². The van der Waals surface area contributed by atoms with Crippen LogP contribution in [0.25, 0.3) is 0 Å². The molecule has 5 heteroatoms. The molecule has 1 N–H and O–H groups in total. The number of rotatable bonds is 8. The first kappa shape index (κ1) is 17.4. The van der Waals surface area contributed by atoms with Crippen LogP contribution < -0.4 is 19.5 Å². The van der Waals surface area contributed by atoms with Crippen molar-refractivity contribution in [3.05, 3.63) is 52.5 Å². The maximum atomic E-state index is 6.29. The largest absolute Gasteiger partial charge is 0.494 e. The average molecular weight is 336 g/mol. The number of methoxy groups -OCH3 is 2. The molecule has 0 unspecified atom stereocenters. The van der Waals surface area contributed by atoms with Crippen LogP contribution in [0.15, 0.2) is 36.4 Å². The van der Waals surface area contributed by atoms with Crippen LogP contribution in [0.4, 0.5) is 0 Å². The standard InChI is InChI=1S/C18H22ClNO3/c1-4-23-15-7-5-6-13(8-15)11-20-12-14-9-17(21-2)18(22-3)10-16(14)19/h5-10,20H,4,11-12H2,1-3H3. The third kappa shape index (κ3) is 4.78. The summed E-state index contributed by atoms with van der Waals surface area (Å²) < 4.78 is 16.1. The molecule has 23 heavy (non-hydrogen) atoms. The van der Waals surface area contributed by atoms with Crippen molar-refractivity contribution in [2.75, 3.05) is 20.8 Å². The Morgan fingerprint density at radius 2 is 1.74 bits per heavy atom. The van der Waals surface area contributed by atoms with E-state index in [2.05, 4.69) is 11.4 Å². The molecule has 0 aliphatic heterocycles. The second-order valence-corrected chi connectivity index (χ2v) is 5.39. The van der Waals surface area contributed by atoms with Gasteiger partial charge in [-0.05, 0) is 36.2 Å². The Bertz CT molecular complexity index is 646. The lowest BCUT2D eigenvalue weighted by atomic mass is 10.1. The molecule has 0 heterocycles. The van der Waals surface area contributed by atoms with E-state index in [1.54, 1.807) is 20.3 Å². The van der Waals surface area contributed by atoms with Gasteiger partial charge in [0.25, 0.3) is 0 Å². The maximum Gasteiger partial charge on any atom is 0.162 e. The van der Waals surface area contributed by atoms with Gasteiger partial charge in [-0.15, -0.1) is 0 Å². The van der Waals surface area contributed by atoms with E-state index in [9.17, 15) is 0 Å². The molecule has 2 aromatic rings. The van der Waals surface area contributed by atoms with Crippen LogP contribution in [0.1, 0.15) is 18.1 Å². The third-order valence-corrected chi connectivity index (χ3v) is 3.76. The summed E-state index contributed by atoms with van der Waals surface area (Å²) in [4.78, 5) is 0. The molecule has 124 valence electrons. The van der Waals surface area contributed by atoms with Gasteiger partial charge in [-0.3, -0.25) is 0 Å². The van der Waals surface area contributed by atoms with Crippen LogP contribution in [-0.2, 0) is 13.1 Å². The van der Waals surface area contributed by atoms with Crippen molar-refractivity contribution >= 4 is 11.6 Å². The van der Waals surface area contributed by atoms with E-state index in [-0.39, 0.29) is 0 Å². The van der Waals surface area contributed by atoms with Gasteiger partial charge >= 0.3 is 0 Å². The Balaban J connectivity index is 1.99. The Morgan fingerprint density at radius 1 is 1.00 bits per heavy atom. The Labute approximate surface area is 142 Å². The molecule has 0 fully saturated rings. The van der Waals surface area contributed by atoms with Crippen molar-refractivity contribution in [3.8, 4) is 17.2 Å². The zero-order valence-corrected chi connectivity index (χ0v) is 14.4. The number of nitrogens with one attached hydrogen (secondary N) is 1. The van der Waals surface area contributed by atoms with Gasteiger partial charge in [0.05, 0.1) is 20.8 Å². The van der Waals surface area contributed by atoms with Crippen LogP contribution >= 0.6 is 11.6 Å². The highest BCUT2D eigenvalue weighted by molar-refractivity contribution is 6.31. The number of benzene rings is 2. The summed E-state index contributed by atoms with van der Waals surface area (Å²) in [7, 11) is 3.21. The van der Waals surface area contributed by atoms with Gasteiger partial charge < -0.3 is 19.5 Å². The zero-order valence-electron chi connectivity index (χ0n) is 13.7. The minimum Gasteiger partial charge on any atom is -0.494 e. The van der Waals surface area contributed by atoms with Crippen molar-refractivity contribution in [3.63, 3.8) is 0 Å². The predicted molar refractivity (Wildman–Crippen MR) is 92.7 cm³/mol. The minimum atomic E-state index is 0.630. The fraction of sp³-hybridized carbons (Fsp3) is 0.333. The molecule has 0 radical (unpaired) electrons. The fourth-order valence-electron chi connectivity index (χ4n) is 2.29. The average Bonchev–Trinajstić information content (AvgIpc) is 2.56. The topological polar surface area (TPSA) is 39.7 Å². The molecule has 0 aromatic heterocycles. The summed E-state index contributed by atoms with van der Waals surface area (Å²) in [5.74, 6) is 2.19. The lowest BCUT2D eigenvalue weighted by molar-refractivity contribution is 0.340. The fourth-order valence-corrected chi connectivity index (χ4v) is 2.51. The first-order valence-electron chi connectivity index (χ1n) is 7.50. The van der Waals surface area contributed by atoms with E-state index in [0.717, 1.165) is 23.4 Å². The van der Waals surface area contributed by atoms with E-state index in [0.29, 0.717) is 29.7 Å². The molecule has 2 rings (SSSR count). The Hall–Kier alpha value is -1.91. The minimum absolute atomic E-state index is 0.630. The van der Waals surface area contributed by atoms with Gasteiger partial charge in [-0.2, -0.15) is 0 Å². The number of hydrogen-bond donors (Lipinski definition) is 1.